The van der Waals surface area contributed by atoms with Crippen LogP contribution >= 0.6 is 11.3 Å². The average Bonchev–Trinajstić information content (AvgIpc) is 3.16. The van der Waals surface area contributed by atoms with Crippen LogP contribution in [0.5, 0.6) is 0 Å². The molecule has 0 aromatic carbocycles. The predicted octanol–water partition coefficient (Wildman–Crippen LogP) is 3.91. The molecule has 0 radical (unpaired) electrons. The Hall–Kier alpha value is -2.28. The van der Waals surface area contributed by atoms with Crippen molar-refractivity contribution in [1.82, 2.24) is 19.7 Å². The zero-order chi connectivity index (χ0) is 17.6. The summed E-state index contributed by atoms with van der Waals surface area (Å²) in [5.74, 6) is -0.148. The fourth-order valence-electron chi connectivity index (χ4n) is 3.28. The fraction of sp³-hybridized carbons (Fsp3) is 0.444. The average molecular weight is 355 g/mol. The number of hydrogen-bond donors (Lipinski definition) is 1. The van der Waals surface area contributed by atoms with Gasteiger partial charge < -0.3 is 0 Å². The summed E-state index contributed by atoms with van der Waals surface area (Å²) in [5, 5.41) is 8.84. The van der Waals surface area contributed by atoms with Gasteiger partial charge in [-0.2, -0.15) is 5.10 Å². The van der Waals surface area contributed by atoms with Gasteiger partial charge in [0.1, 0.15) is 0 Å². The number of pyridine rings is 1. The second-order valence-electron chi connectivity index (χ2n) is 6.78. The van der Waals surface area contributed by atoms with E-state index in [0.717, 1.165) is 35.3 Å². The number of nitrogens with one attached hydrogen (secondary N) is 1. The molecule has 3 heterocycles. The largest absolute Gasteiger partial charge is 0.298 e. The van der Waals surface area contributed by atoms with Crippen molar-refractivity contribution in [2.75, 3.05) is 5.32 Å². The standard InChI is InChI=1S/C18H21N5OS/c1-10(2)23-16-13(9-19-23)12(8-11(3)20-16)17(24)22-18-21-14-6-4-5-7-15(14)25-18/h8-10H,4-7H2,1-3H3,(H,21,22,24). The predicted molar refractivity (Wildman–Crippen MR) is 99.4 cm³/mol. The van der Waals surface area contributed by atoms with Gasteiger partial charge in [0.05, 0.1) is 22.8 Å². The van der Waals surface area contributed by atoms with Gasteiger partial charge in [-0.05, 0) is 52.5 Å². The van der Waals surface area contributed by atoms with Crippen molar-refractivity contribution >= 4 is 33.4 Å². The third kappa shape index (κ3) is 2.93. The van der Waals surface area contributed by atoms with Crippen LogP contribution in [0, 0.1) is 6.92 Å². The number of anilines is 1. The van der Waals surface area contributed by atoms with Crippen LogP contribution in [0.4, 0.5) is 5.13 Å². The maximum Gasteiger partial charge on any atom is 0.258 e. The summed E-state index contributed by atoms with van der Waals surface area (Å²) in [6, 6.07) is 2.01. The molecule has 0 saturated heterocycles. The molecular formula is C18H21N5OS. The Morgan fingerprint density at radius 2 is 2.08 bits per heavy atom. The van der Waals surface area contributed by atoms with Gasteiger partial charge in [-0.3, -0.25) is 10.1 Å². The number of aromatic nitrogens is 4. The van der Waals surface area contributed by atoms with Crippen LogP contribution in [0.15, 0.2) is 12.3 Å². The summed E-state index contributed by atoms with van der Waals surface area (Å²) < 4.78 is 1.85. The fourth-order valence-corrected chi connectivity index (χ4v) is 4.32. The van der Waals surface area contributed by atoms with E-state index in [-0.39, 0.29) is 11.9 Å². The van der Waals surface area contributed by atoms with E-state index in [9.17, 15) is 4.79 Å². The molecule has 1 aliphatic carbocycles. The highest BCUT2D eigenvalue weighted by Gasteiger charge is 2.20. The van der Waals surface area contributed by atoms with Crippen LogP contribution in [-0.2, 0) is 12.8 Å². The minimum atomic E-state index is -0.148. The lowest BCUT2D eigenvalue weighted by Gasteiger charge is -2.08. The smallest absolute Gasteiger partial charge is 0.258 e. The Labute approximate surface area is 150 Å². The molecule has 0 bridgehead atoms. The first-order valence-corrected chi connectivity index (χ1v) is 9.49. The van der Waals surface area contributed by atoms with Gasteiger partial charge in [0.15, 0.2) is 10.8 Å². The minimum Gasteiger partial charge on any atom is -0.298 e. The number of carbonyl (C=O) groups excluding carboxylic acids is 1. The molecule has 4 rings (SSSR count). The molecule has 0 aliphatic heterocycles. The molecular weight excluding hydrogens is 334 g/mol. The molecule has 3 aromatic rings. The number of fused-ring (bicyclic) bond motifs is 2. The zero-order valence-electron chi connectivity index (χ0n) is 14.7. The zero-order valence-corrected chi connectivity index (χ0v) is 15.5. The van der Waals surface area contributed by atoms with Crippen molar-refractivity contribution < 1.29 is 4.79 Å². The summed E-state index contributed by atoms with van der Waals surface area (Å²) in [4.78, 5) is 23.3. The Morgan fingerprint density at radius 3 is 2.84 bits per heavy atom. The molecule has 1 aliphatic rings. The van der Waals surface area contributed by atoms with E-state index in [4.69, 9.17) is 0 Å². The molecule has 0 fully saturated rings. The Balaban J connectivity index is 1.69. The minimum absolute atomic E-state index is 0.148. The first kappa shape index (κ1) is 16.2. The number of aryl methyl sites for hydroxylation is 3. The lowest BCUT2D eigenvalue weighted by Crippen LogP contribution is -2.13. The maximum absolute atomic E-state index is 12.9. The van der Waals surface area contributed by atoms with Crippen molar-refractivity contribution in [2.24, 2.45) is 0 Å². The summed E-state index contributed by atoms with van der Waals surface area (Å²) in [7, 11) is 0. The van der Waals surface area contributed by atoms with E-state index < -0.39 is 0 Å². The summed E-state index contributed by atoms with van der Waals surface area (Å²) in [6.07, 6.45) is 6.21. The first-order chi connectivity index (χ1) is 12.0. The highest BCUT2D eigenvalue weighted by Crippen LogP contribution is 2.30. The Kier molecular flexibility index (Phi) is 4.03. The monoisotopic (exact) mass is 355 g/mol. The van der Waals surface area contributed by atoms with Crippen LogP contribution in [-0.4, -0.2) is 25.7 Å². The third-order valence-corrected chi connectivity index (χ3v) is 5.57. The third-order valence-electron chi connectivity index (χ3n) is 4.49. The number of nitrogens with zero attached hydrogens (tertiary/aromatic N) is 4. The van der Waals surface area contributed by atoms with Gasteiger partial charge in [0.2, 0.25) is 0 Å². The lowest BCUT2D eigenvalue weighted by molar-refractivity contribution is 0.102. The van der Waals surface area contributed by atoms with Crippen LogP contribution in [0.2, 0.25) is 0 Å². The normalized spacial score (nSPS) is 14.1. The van der Waals surface area contributed by atoms with Crippen molar-refractivity contribution in [3.63, 3.8) is 0 Å². The van der Waals surface area contributed by atoms with E-state index in [1.54, 1.807) is 17.5 Å². The molecule has 7 heteroatoms. The van der Waals surface area contributed by atoms with E-state index in [1.807, 2.05) is 17.7 Å². The topological polar surface area (TPSA) is 72.7 Å². The molecule has 0 unspecified atom stereocenters. The number of carbonyl (C=O) groups is 1. The molecule has 1 N–H and O–H groups in total. The van der Waals surface area contributed by atoms with E-state index in [2.05, 4.69) is 34.2 Å². The van der Waals surface area contributed by atoms with Crippen LogP contribution in [0.3, 0.4) is 0 Å². The Bertz CT molecular complexity index is 932. The molecule has 0 atom stereocenters. The van der Waals surface area contributed by atoms with Gasteiger partial charge in [-0.25, -0.2) is 14.6 Å². The van der Waals surface area contributed by atoms with Gasteiger partial charge >= 0.3 is 0 Å². The summed E-state index contributed by atoms with van der Waals surface area (Å²) in [6.45, 7) is 6.00. The molecule has 130 valence electrons. The number of thiazole rings is 1. The van der Waals surface area contributed by atoms with E-state index in [1.165, 1.54) is 17.7 Å². The second kappa shape index (κ2) is 6.22. The molecule has 1 amide bonds. The maximum atomic E-state index is 12.9. The van der Waals surface area contributed by atoms with Crippen LogP contribution in [0.25, 0.3) is 11.0 Å². The molecule has 3 aromatic heterocycles. The van der Waals surface area contributed by atoms with E-state index in [0.29, 0.717) is 10.7 Å². The SMILES string of the molecule is Cc1cc(C(=O)Nc2nc3c(s2)CCCC3)c2cnn(C(C)C)c2n1. The first-order valence-electron chi connectivity index (χ1n) is 8.67. The van der Waals surface area contributed by atoms with Gasteiger partial charge in [0.25, 0.3) is 5.91 Å². The molecule has 0 spiro atoms. The van der Waals surface area contributed by atoms with Crippen LogP contribution in [0.1, 0.15) is 59.4 Å². The van der Waals surface area contributed by atoms with Crippen molar-refractivity contribution in [3.8, 4) is 0 Å². The molecule has 25 heavy (non-hydrogen) atoms. The summed E-state index contributed by atoms with van der Waals surface area (Å²) >= 11 is 1.60. The van der Waals surface area contributed by atoms with Crippen molar-refractivity contribution in [2.45, 2.75) is 52.5 Å². The second-order valence-corrected chi connectivity index (χ2v) is 7.87. The molecule has 0 saturated carbocycles. The summed E-state index contributed by atoms with van der Waals surface area (Å²) in [5.41, 5.74) is 3.30. The highest BCUT2D eigenvalue weighted by molar-refractivity contribution is 7.15. The highest BCUT2D eigenvalue weighted by atomic mass is 32.1. The van der Waals surface area contributed by atoms with Gasteiger partial charge in [0, 0.05) is 16.6 Å². The Morgan fingerprint density at radius 1 is 1.28 bits per heavy atom. The number of rotatable bonds is 3. The van der Waals surface area contributed by atoms with Crippen molar-refractivity contribution in [1.29, 1.82) is 0 Å². The van der Waals surface area contributed by atoms with Crippen LogP contribution < -0.4 is 5.32 Å². The number of hydrogen-bond acceptors (Lipinski definition) is 5. The quantitative estimate of drug-likeness (QED) is 0.773. The molecule has 6 nitrogen and oxygen atoms in total. The lowest BCUT2D eigenvalue weighted by atomic mass is 10.0. The van der Waals surface area contributed by atoms with Gasteiger partial charge in [-0.1, -0.05) is 0 Å². The van der Waals surface area contributed by atoms with Gasteiger partial charge in [-0.15, -0.1) is 11.3 Å². The number of amides is 1. The van der Waals surface area contributed by atoms with Crippen molar-refractivity contribution in [3.05, 3.63) is 34.1 Å². The van der Waals surface area contributed by atoms with E-state index >= 15 is 0 Å².